The maximum absolute atomic E-state index is 14.5. The third-order valence-electron chi connectivity index (χ3n) is 6.94. The van der Waals surface area contributed by atoms with Crippen LogP contribution in [0.25, 0.3) is 28.1 Å². The maximum Gasteiger partial charge on any atom is 0.149 e. The Hall–Kier alpha value is -4.42. The Morgan fingerprint density at radius 3 is 2.61 bits per heavy atom. The first kappa shape index (κ1) is 25.2. The summed E-state index contributed by atoms with van der Waals surface area (Å²) in [6.07, 6.45) is 9.02. The molecule has 0 fully saturated rings. The topological polar surface area (TPSA) is 94.9 Å². The molecule has 1 unspecified atom stereocenters. The lowest BCUT2D eigenvalue weighted by Gasteiger charge is -2.33. The first-order valence-corrected chi connectivity index (χ1v) is 12.6. The van der Waals surface area contributed by atoms with Gasteiger partial charge in [-0.15, -0.1) is 5.10 Å². The summed E-state index contributed by atoms with van der Waals surface area (Å²) in [5.74, 6) is 0.124. The van der Waals surface area contributed by atoms with Crippen molar-refractivity contribution in [3.8, 4) is 34.1 Å². The largest absolute Gasteiger partial charge is 0.394 e. The molecule has 2 N–H and O–H groups in total. The monoisotopic (exact) mass is 511 g/mol. The zero-order valence-corrected chi connectivity index (χ0v) is 21.5. The van der Waals surface area contributed by atoms with E-state index in [0.29, 0.717) is 30.2 Å². The van der Waals surface area contributed by atoms with Crippen LogP contribution < -0.4 is 5.32 Å². The van der Waals surface area contributed by atoms with E-state index < -0.39 is 5.82 Å². The fourth-order valence-corrected chi connectivity index (χ4v) is 4.50. The van der Waals surface area contributed by atoms with Crippen molar-refractivity contribution in [2.45, 2.75) is 19.9 Å². The van der Waals surface area contributed by atoms with E-state index in [1.165, 1.54) is 12.1 Å². The highest BCUT2D eigenvalue weighted by molar-refractivity contribution is 5.68. The van der Waals surface area contributed by atoms with Gasteiger partial charge >= 0.3 is 0 Å². The molecule has 38 heavy (non-hydrogen) atoms. The lowest BCUT2D eigenvalue weighted by Crippen LogP contribution is -2.32. The highest BCUT2D eigenvalue weighted by atomic mass is 19.1. The molecule has 2 aromatic heterocycles. The van der Waals surface area contributed by atoms with Crippen LogP contribution in [-0.4, -0.2) is 56.3 Å². The number of nitriles is 1. The molecule has 0 bridgehead atoms. The van der Waals surface area contributed by atoms with Crippen molar-refractivity contribution in [3.63, 3.8) is 0 Å². The van der Waals surface area contributed by atoms with Gasteiger partial charge in [0.05, 0.1) is 36.3 Å². The number of nitrogens with one attached hydrogen (secondary N) is 1. The number of benzene rings is 2. The number of nitrogens with zero attached hydrogens (tertiary/aromatic N) is 6. The fraction of sp³-hybridized carbons (Fsp3) is 0.276. The van der Waals surface area contributed by atoms with E-state index in [0.717, 1.165) is 29.8 Å². The number of anilines is 1. The minimum absolute atomic E-state index is 0.000872. The second kappa shape index (κ2) is 10.5. The third-order valence-corrected chi connectivity index (χ3v) is 6.94. The molecule has 8 nitrogen and oxygen atoms in total. The predicted octanol–water partition coefficient (Wildman–Crippen LogP) is 4.67. The Morgan fingerprint density at radius 2 is 1.92 bits per heavy atom. The van der Waals surface area contributed by atoms with Crippen LogP contribution >= 0.6 is 0 Å². The first-order valence-electron chi connectivity index (χ1n) is 12.6. The van der Waals surface area contributed by atoms with E-state index in [1.807, 2.05) is 42.6 Å². The minimum Gasteiger partial charge on any atom is -0.394 e. The van der Waals surface area contributed by atoms with Gasteiger partial charge in [0.15, 0.2) is 0 Å². The molecule has 5 rings (SSSR count). The third kappa shape index (κ3) is 5.31. The van der Waals surface area contributed by atoms with Gasteiger partial charge in [-0.25, -0.2) is 9.07 Å². The molecular weight excluding hydrogens is 481 g/mol. The second-order valence-corrected chi connectivity index (χ2v) is 9.95. The smallest absolute Gasteiger partial charge is 0.149 e. The highest BCUT2D eigenvalue weighted by Crippen LogP contribution is 2.31. The van der Waals surface area contributed by atoms with Crippen molar-refractivity contribution < 1.29 is 9.50 Å². The normalized spacial score (nSPS) is 17.0. The van der Waals surface area contributed by atoms with Crippen molar-refractivity contribution in [1.29, 1.82) is 5.26 Å². The van der Waals surface area contributed by atoms with Crippen LogP contribution in [0, 0.1) is 22.6 Å². The summed E-state index contributed by atoms with van der Waals surface area (Å²) >= 11 is 0. The van der Waals surface area contributed by atoms with Crippen LogP contribution in [0.1, 0.15) is 18.9 Å². The van der Waals surface area contributed by atoms with Crippen molar-refractivity contribution in [2.24, 2.45) is 5.41 Å². The molecule has 194 valence electrons. The minimum atomic E-state index is -0.563. The van der Waals surface area contributed by atoms with Gasteiger partial charge < -0.3 is 15.3 Å². The lowest BCUT2D eigenvalue weighted by atomic mass is 9.84. The summed E-state index contributed by atoms with van der Waals surface area (Å²) in [4.78, 5) is 2.18. The fourth-order valence-electron chi connectivity index (χ4n) is 4.50. The number of hydrogen-bond donors (Lipinski definition) is 2. The molecule has 0 saturated heterocycles. The van der Waals surface area contributed by atoms with Gasteiger partial charge in [-0.1, -0.05) is 31.2 Å². The summed E-state index contributed by atoms with van der Waals surface area (Å²) in [7, 11) is 2.07. The molecule has 9 heteroatoms. The number of aliphatic hydroxyl groups is 1. The zero-order valence-electron chi connectivity index (χ0n) is 21.5. The molecule has 4 aromatic rings. The summed E-state index contributed by atoms with van der Waals surface area (Å²) < 4.78 is 18.0. The summed E-state index contributed by atoms with van der Waals surface area (Å²) in [5, 5.41) is 30.9. The molecule has 0 radical (unpaired) electrons. The van der Waals surface area contributed by atoms with Crippen LogP contribution in [0.3, 0.4) is 0 Å². The van der Waals surface area contributed by atoms with Gasteiger partial charge in [-0.05, 0) is 42.4 Å². The Labute approximate surface area is 221 Å². The Morgan fingerprint density at radius 1 is 1.13 bits per heavy atom. The van der Waals surface area contributed by atoms with Gasteiger partial charge in [-0.3, -0.25) is 4.68 Å². The number of aromatic nitrogens is 4. The van der Waals surface area contributed by atoms with E-state index in [1.54, 1.807) is 21.6 Å². The summed E-state index contributed by atoms with van der Waals surface area (Å²) in [6.45, 7) is 4.40. The predicted molar refractivity (Wildman–Crippen MR) is 145 cm³/mol. The van der Waals surface area contributed by atoms with Gasteiger partial charge in [0.1, 0.15) is 17.7 Å². The van der Waals surface area contributed by atoms with E-state index in [2.05, 4.69) is 41.6 Å². The number of halogens is 1. The standard InChI is InChI=1S/C29H30FN7O/c1-29(9-11-35(2)12-10-29)20-32-28-16-27(22-3-4-23(17-31)26(30)15-22)37(34-28)25-7-5-21(6-8-25)24-18-33-36(19-24)13-14-38/h3-9,11,15-16,18-19,38H,10,12-14,20H2,1-2H3,(H,32,34). The number of hydrogen-bond acceptors (Lipinski definition) is 6. The van der Waals surface area contributed by atoms with Crippen LogP contribution in [0.4, 0.5) is 10.2 Å². The highest BCUT2D eigenvalue weighted by Gasteiger charge is 2.25. The summed E-state index contributed by atoms with van der Waals surface area (Å²) in [6, 6.07) is 16.3. The van der Waals surface area contributed by atoms with Gasteiger partial charge in [-0.2, -0.15) is 10.4 Å². The molecule has 2 aromatic carbocycles. The van der Waals surface area contributed by atoms with Crippen molar-refractivity contribution >= 4 is 5.82 Å². The van der Waals surface area contributed by atoms with Gasteiger partial charge in [0.25, 0.3) is 0 Å². The van der Waals surface area contributed by atoms with Crippen LogP contribution in [-0.2, 0) is 6.54 Å². The molecule has 1 aliphatic heterocycles. The first-order chi connectivity index (χ1) is 18.4. The zero-order chi connectivity index (χ0) is 26.7. The number of rotatable bonds is 8. The molecule has 1 atom stereocenters. The van der Waals surface area contributed by atoms with E-state index in [9.17, 15) is 4.39 Å². The Kier molecular flexibility index (Phi) is 6.99. The quantitative estimate of drug-likeness (QED) is 0.357. The molecule has 3 heterocycles. The van der Waals surface area contributed by atoms with E-state index in [4.69, 9.17) is 15.5 Å². The Balaban J connectivity index is 1.47. The van der Waals surface area contributed by atoms with Crippen LogP contribution in [0.5, 0.6) is 0 Å². The lowest BCUT2D eigenvalue weighted by molar-refractivity contribution is 0.269. The average molecular weight is 512 g/mol. The molecule has 1 aliphatic rings. The molecular formula is C29H30FN7O. The van der Waals surface area contributed by atoms with Crippen LogP contribution in [0.2, 0.25) is 0 Å². The van der Waals surface area contributed by atoms with Crippen molar-refractivity contribution in [3.05, 3.63) is 84.6 Å². The van der Waals surface area contributed by atoms with Crippen molar-refractivity contribution in [2.75, 3.05) is 32.1 Å². The SMILES string of the molecule is CN1C=CC(C)(CNc2cc(-c3ccc(C#N)c(F)c3)n(-c3ccc(-c4cnn(CCO)c4)cc3)n2)CC1. The molecule has 0 saturated carbocycles. The maximum atomic E-state index is 14.5. The van der Waals surface area contributed by atoms with Crippen LogP contribution in [0.15, 0.2) is 73.2 Å². The van der Waals surface area contributed by atoms with Gasteiger partial charge in [0, 0.05) is 48.9 Å². The second-order valence-electron chi connectivity index (χ2n) is 9.95. The average Bonchev–Trinajstić information content (AvgIpc) is 3.57. The van der Waals surface area contributed by atoms with Crippen molar-refractivity contribution in [1.82, 2.24) is 24.5 Å². The molecule has 0 aliphatic carbocycles. The molecule has 0 spiro atoms. The number of aliphatic hydroxyl groups excluding tert-OH is 1. The van der Waals surface area contributed by atoms with E-state index >= 15 is 0 Å². The Bertz CT molecular complexity index is 1500. The van der Waals surface area contributed by atoms with Gasteiger partial charge in [0.2, 0.25) is 0 Å². The summed E-state index contributed by atoms with van der Waals surface area (Å²) in [5.41, 5.74) is 4.09. The van der Waals surface area contributed by atoms with E-state index in [-0.39, 0.29) is 17.6 Å². The molecule has 0 amide bonds.